The van der Waals surface area contributed by atoms with Crippen molar-refractivity contribution in [1.29, 1.82) is 0 Å². The van der Waals surface area contributed by atoms with Gasteiger partial charge in [0.25, 0.3) is 20.0 Å². The molecule has 4 aliphatic rings. The van der Waals surface area contributed by atoms with Gasteiger partial charge >= 0.3 is 0 Å². The summed E-state index contributed by atoms with van der Waals surface area (Å²) in [5, 5.41) is 1.84. The summed E-state index contributed by atoms with van der Waals surface area (Å²) in [4.78, 5) is 9.15. The lowest BCUT2D eigenvalue weighted by molar-refractivity contribution is 0.341. The van der Waals surface area contributed by atoms with Crippen molar-refractivity contribution in [2.45, 2.75) is 150 Å². The first kappa shape index (κ1) is 57.8. The number of halogens is 2. The molecule has 6 aromatic rings. The third kappa shape index (κ3) is 13.2. The smallest absolute Gasteiger partial charge is 0.269 e. The first-order chi connectivity index (χ1) is 36.1. The largest absolute Gasteiger partial charge is 0.504 e. The zero-order chi connectivity index (χ0) is 54.7. The van der Waals surface area contributed by atoms with E-state index >= 15 is 0 Å². The van der Waals surface area contributed by atoms with Crippen LogP contribution in [0.4, 0.5) is 0 Å². The Bertz CT molecular complexity index is 3510. The van der Waals surface area contributed by atoms with Crippen LogP contribution in [0.2, 0.25) is 10.0 Å². The van der Waals surface area contributed by atoms with Crippen molar-refractivity contribution in [3.8, 4) is 0 Å². The molecule has 0 radical (unpaired) electrons. The van der Waals surface area contributed by atoms with E-state index < -0.39 is 40.1 Å². The van der Waals surface area contributed by atoms with Crippen LogP contribution in [0, 0.1) is 31.6 Å². The monoisotopic (exact) mass is 1160 g/mol. The van der Waals surface area contributed by atoms with Gasteiger partial charge < -0.3 is 10.5 Å². The highest BCUT2D eigenvalue weighted by Crippen LogP contribution is 2.40. The van der Waals surface area contributed by atoms with Crippen LogP contribution in [-0.2, 0) is 51.3 Å². The lowest BCUT2D eigenvalue weighted by Crippen LogP contribution is -2.36. The van der Waals surface area contributed by atoms with Gasteiger partial charge in [-0.3, -0.25) is 0 Å². The van der Waals surface area contributed by atoms with Gasteiger partial charge in [0.1, 0.15) is 0 Å². The van der Waals surface area contributed by atoms with Crippen molar-refractivity contribution in [3.05, 3.63) is 124 Å². The molecule has 4 aromatic heterocycles. The van der Waals surface area contributed by atoms with E-state index in [0.717, 1.165) is 104 Å². The van der Waals surface area contributed by atoms with Crippen molar-refractivity contribution in [1.82, 2.24) is 27.4 Å². The Morgan fingerprint density at radius 3 is 1.58 bits per heavy atom. The second-order valence-electron chi connectivity index (χ2n) is 20.7. The van der Waals surface area contributed by atoms with Crippen LogP contribution in [0.25, 0.3) is 28.1 Å². The number of nitrogens with one attached hydrogen (secondary N) is 2. The van der Waals surface area contributed by atoms with Gasteiger partial charge in [0.05, 0.1) is 43.7 Å². The van der Waals surface area contributed by atoms with Crippen LogP contribution in [0.1, 0.15) is 113 Å². The van der Waals surface area contributed by atoms with Gasteiger partial charge in [-0.25, -0.2) is 61.0 Å². The Kier molecular flexibility index (Phi) is 18.2. The lowest BCUT2D eigenvalue weighted by Gasteiger charge is -2.17. The normalized spacial score (nSPS) is 22.2. The summed E-state index contributed by atoms with van der Waals surface area (Å²) >= 11 is 13.1. The van der Waals surface area contributed by atoms with Crippen LogP contribution < -0.4 is 15.2 Å². The predicted octanol–water partition coefficient (Wildman–Crippen LogP) is 9.88. The summed E-state index contributed by atoms with van der Waals surface area (Å²) in [7, 11) is -12.2. The Morgan fingerprint density at radius 1 is 0.645 bits per heavy atom. The maximum Gasteiger partial charge on any atom is 0.269 e. The topological polar surface area (TPSA) is 232 Å². The van der Waals surface area contributed by atoms with E-state index in [1.165, 1.54) is 35.9 Å². The second kappa shape index (κ2) is 23.9. The molecule has 76 heavy (non-hydrogen) atoms. The summed E-state index contributed by atoms with van der Waals surface area (Å²) < 4.78 is 113. The van der Waals surface area contributed by atoms with Crippen LogP contribution in [-0.4, -0.2) is 87.3 Å². The molecule has 0 spiro atoms. The highest BCUT2D eigenvalue weighted by atomic mass is 35.5. The van der Waals surface area contributed by atoms with Crippen LogP contribution >= 0.6 is 23.2 Å². The molecule has 0 unspecified atom stereocenters. The van der Waals surface area contributed by atoms with Crippen molar-refractivity contribution in [2.75, 3.05) is 7.11 Å². The summed E-state index contributed by atoms with van der Waals surface area (Å²) in [6, 6.07) is 17.0. The summed E-state index contributed by atoms with van der Waals surface area (Å²) in [6.07, 6.45) is 20.8. The maximum atomic E-state index is 13.2. The van der Waals surface area contributed by atoms with Gasteiger partial charge in [-0.1, -0.05) is 85.3 Å². The number of pyridine rings is 2. The molecule has 10 rings (SSSR count). The van der Waals surface area contributed by atoms with Crippen molar-refractivity contribution >= 4 is 91.4 Å². The fourth-order valence-corrected chi connectivity index (χ4v) is 16.8. The van der Waals surface area contributed by atoms with Gasteiger partial charge in [0.2, 0.25) is 20.0 Å². The number of nitrogens with two attached hydrogens (primary N) is 1. The minimum atomic E-state index is -3.78. The molecule has 0 saturated heterocycles. The number of aromatic nitrogens is 4. The molecule has 0 amide bonds. The van der Waals surface area contributed by atoms with Crippen LogP contribution in [0.3, 0.4) is 0 Å². The molecular formula is C54H69Cl2N7O9S4. The number of fused-ring (bicyclic) bond motifs is 2. The summed E-state index contributed by atoms with van der Waals surface area (Å²) in [5.41, 5.74) is 10.1. The summed E-state index contributed by atoms with van der Waals surface area (Å²) in [6.45, 7) is 8.11. The standard InChI is InChI=1S/C27H34ClN3O4S2.C17H15ClN2O3S.C10H20N2O2S/c1-3-19-15-22(30-36(32,33)23-11-12-23)16-20(19)5-4-6-21-17-29-27-25(26(21)28)13-14-31(27)37(34,35)24-9-7-18(2)8-10-24;1-12-3-5-14(6-4-12)24(21,22)20-9-7-15-16(18)13(8-10-23-2)11-19-17(15)20;1-2-7-5-8(6-10(7)11)12-15(13,14)9-3-4-9/h7-10,13-14,17,19-20,22-23,30H,3-6,11-12,15-16H2,1-2H3;3-11H,1-2H3;7-10,12H,2-6,11H2,1H3/t19-,20+,22+;;7-,8+,10+/m1.1/s1. The lowest BCUT2D eigenvalue weighted by atomic mass is 9.89. The number of benzene rings is 2. The molecular weight excluding hydrogens is 1090 g/mol. The predicted molar refractivity (Wildman–Crippen MR) is 301 cm³/mol. The van der Waals surface area contributed by atoms with Crippen molar-refractivity contribution < 1.29 is 38.4 Å². The molecule has 4 saturated carbocycles. The Balaban J connectivity index is 0.000000167. The first-order valence-corrected chi connectivity index (χ1v) is 32.7. The minimum Gasteiger partial charge on any atom is -0.504 e. The average Bonchev–Trinajstić information content (AvgIpc) is 4.29. The average molecular weight is 1160 g/mol. The highest BCUT2D eigenvalue weighted by molar-refractivity contribution is 7.91. The number of nitrogens with zero attached hydrogens (tertiary/aromatic N) is 4. The molecule has 22 heteroatoms. The third-order valence-electron chi connectivity index (χ3n) is 15.1. The molecule has 6 atom stereocenters. The van der Waals surface area contributed by atoms with E-state index in [0.29, 0.717) is 49.8 Å². The third-order valence-corrected chi connectivity index (χ3v) is 23.4. The number of methoxy groups -OCH3 is 1. The molecule has 16 nitrogen and oxygen atoms in total. The zero-order valence-corrected chi connectivity index (χ0v) is 48.3. The number of hydrogen-bond acceptors (Lipinski definition) is 12. The number of ether oxygens (including phenoxy) is 1. The molecule has 2 aromatic carbocycles. The van der Waals surface area contributed by atoms with E-state index in [1.807, 2.05) is 13.8 Å². The van der Waals surface area contributed by atoms with Crippen molar-refractivity contribution in [2.24, 2.45) is 23.5 Å². The van der Waals surface area contributed by atoms with Crippen LogP contribution in [0.5, 0.6) is 0 Å². The number of aryl methyl sites for hydroxylation is 3. The molecule has 4 fully saturated rings. The Morgan fingerprint density at radius 2 is 1.11 bits per heavy atom. The molecule has 4 heterocycles. The van der Waals surface area contributed by atoms with Crippen LogP contribution in [0.15, 0.2) is 102 Å². The Labute approximate surface area is 458 Å². The number of sulfonamides is 2. The SMILES string of the molecule is CC[C@@H]1C[C@H](NS(=O)(=O)C2CC2)C[C@@H]1CCCc1cnc2c(ccn2S(=O)(=O)c2ccc(C)cc2)c1Cl.CC[C@@H]1C[C@H](NS(=O)(=O)C2CC2)C[C@@H]1N.COC=Cc1cnc2c(ccn2S(=O)(=O)c2ccc(C)cc2)c1Cl. The highest BCUT2D eigenvalue weighted by Gasteiger charge is 2.41. The molecule has 0 aliphatic heterocycles. The van der Waals surface area contributed by atoms with Gasteiger partial charge in [-0.15, -0.1) is 0 Å². The fraction of sp³-hybridized carbons (Fsp3) is 0.481. The molecule has 0 bridgehead atoms. The van der Waals surface area contributed by atoms with E-state index in [4.69, 9.17) is 33.7 Å². The quantitative estimate of drug-likeness (QED) is 0.0683. The zero-order valence-electron chi connectivity index (χ0n) is 43.5. The number of hydrogen-bond donors (Lipinski definition) is 3. The van der Waals surface area contributed by atoms with Gasteiger partial charge in [0.15, 0.2) is 11.3 Å². The van der Waals surface area contributed by atoms with Gasteiger partial charge in [-0.2, -0.15) is 0 Å². The van der Waals surface area contributed by atoms with Gasteiger partial charge in [-0.05, 0) is 150 Å². The van der Waals surface area contributed by atoms with Gasteiger partial charge in [0, 0.05) is 59.2 Å². The van der Waals surface area contributed by atoms with E-state index in [2.05, 4.69) is 33.3 Å². The molecule has 4 aliphatic carbocycles. The first-order valence-electron chi connectivity index (χ1n) is 26.0. The fourth-order valence-electron chi connectivity index (χ4n) is 10.4. The maximum absolute atomic E-state index is 13.2. The number of rotatable bonds is 18. The minimum absolute atomic E-state index is 0.0393. The van der Waals surface area contributed by atoms with Crippen molar-refractivity contribution in [3.63, 3.8) is 0 Å². The van der Waals surface area contributed by atoms with E-state index in [9.17, 15) is 33.7 Å². The summed E-state index contributed by atoms with van der Waals surface area (Å²) in [5.74, 6) is 1.48. The molecule has 4 N–H and O–H groups in total. The Hall–Kier alpha value is -4.38. The second-order valence-corrected chi connectivity index (χ2v) is 29.1. The van der Waals surface area contributed by atoms with E-state index in [1.54, 1.807) is 72.9 Å². The molecule has 412 valence electrons. The van der Waals surface area contributed by atoms with E-state index in [-0.39, 0.29) is 44.1 Å².